The van der Waals surface area contributed by atoms with Crippen molar-refractivity contribution in [3.05, 3.63) is 82.3 Å². The van der Waals surface area contributed by atoms with Crippen LogP contribution < -0.4 is 10.8 Å². The van der Waals surface area contributed by atoms with Gasteiger partial charge in [0, 0.05) is 11.9 Å². The summed E-state index contributed by atoms with van der Waals surface area (Å²) in [6.45, 7) is 1.90. The van der Waals surface area contributed by atoms with Gasteiger partial charge in [-0.25, -0.2) is 4.79 Å². The number of halogens is 2. The highest BCUT2D eigenvalue weighted by atomic mass is 35.5. The minimum absolute atomic E-state index is 0.221. The van der Waals surface area contributed by atoms with E-state index in [2.05, 4.69) is 10.3 Å². The Balaban J connectivity index is 1.89. The van der Waals surface area contributed by atoms with Gasteiger partial charge in [-0.2, -0.15) is 0 Å². The monoisotopic (exact) mass is 375 g/mol. The number of aromatic nitrogens is 1. The molecule has 0 unspecified atom stereocenters. The molecule has 7 heteroatoms. The lowest BCUT2D eigenvalue weighted by Crippen LogP contribution is -2.31. The predicted molar refractivity (Wildman–Crippen MR) is 98.0 cm³/mol. The van der Waals surface area contributed by atoms with Crippen LogP contribution in [0, 0.1) is 0 Å². The third kappa shape index (κ3) is 4.13. The molecule has 1 amide bonds. The Hall–Kier alpha value is -2.50. The van der Waals surface area contributed by atoms with Crippen LogP contribution in [-0.4, -0.2) is 10.6 Å². The molecule has 0 aliphatic rings. The molecule has 2 aromatic heterocycles. The Morgan fingerprint density at radius 3 is 2.72 bits per heavy atom. The van der Waals surface area contributed by atoms with Crippen molar-refractivity contribution in [2.75, 3.05) is 5.32 Å². The zero-order valence-corrected chi connectivity index (χ0v) is 14.8. The first-order valence-corrected chi connectivity index (χ1v) is 8.31. The lowest BCUT2D eigenvalue weighted by atomic mass is 10.3. The number of nitrogens with zero attached hydrogens (tertiary/aromatic N) is 2. The predicted octanol–water partition coefficient (Wildman–Crippen LogP) is 5.13. The van der Waals surface area contributed by atoms with Gasteiger partial charge < -0.3 is 9.73 Å². The number of furan rings is 1. The van der Waals surface area contributed by atoms with E-state index in [9.17, 15) is 4.79 Å². The number of carbonyl (C=O) groups is 1. The van der Waals surface area contributed by atoms with Crippen molar-refractivity contribution in [1.82, 2.24) is 4.57 Å². The van der Waals surface area contributed by atoms with Crippen LogP contribution in [0.2, 0.25) is 10.0 Å². The third-order valence-electron chi connectivity index (χ3n) is 3.51. The standard InChI is InChI=1S/C18H15Cl2N3O2/c1-12(16-5-4-10-25-16)21-17-6-2-3-9-23(17)18(24)22-13-7-8-14(19)15(20)11-13/h2-12H,1H3,(H,22,24)/t12-/m1/s1. The largest absolute Gasteiger partial charge is 0.467 e. The zero-order valence-electron chi connectivity index (χ0n) is 13.3. The highest BCUT2D eigenvalue weighted by Gasteiger charge is 2.10. The fraction of sp³-hybridized carbons (Fsp3) is 0.111. The maximum atomic E-state index is 12.6. The summed E-state index contributed by atoms with van der Waals surface area (Å²) in [6, 6.07) is 13.3. The molecule has 25 heavy (non-hydrogen) atoms. The SMILES string of the molecule is C[C@@H](N=c1ccccn1C(=O)Nc1ccc(Cl)c(Cl)c1)c1ccco1. The van der Waals surface area contributed by atoms with Crippen molar-refractivity contribution in [3.8, 4) is 0 Å². The maximum Gasteiger partial charge on any atom is 0.331 e. The second-order valence-corrected chi connectivity index (χ2v) is 6.12. The number of hydrogen-bond acceptors (Lipinski definition) is 3. The second kappa shape index (κ2) is 7.59. The summed E-state index contributed by atoms with van der Waals surface area (Å²) in [4.78, 5) is 17.1. The Bertz CT molecular complexity index is 949. The molecule has 0 aliphatic carbocycles. The fourth-order valence-electron chi connectivity index (χ4n) is 2.26. The quantitative estimate of drug-likeness (QED) is 0.689. The van der Waals surface area contributed by atoms with Gasteiger partial charge in [0.2, 0.25) is 0 Å². The Morgan fingerprint density at radius 2 is 2.00 bits per heavy atom. The van der Waals surface area contributed by atoms with Gasteiger partial charge in [0.15, 0.2) is 0 Å². The fourth-order valence-corrected chi connectivity index (χ4v) is 2.56. The highest BCUT2D eigenvalue weighted by molar-refractivity contribution is 6.42. The molecule has 3 aromatic rings. The highest BCUT2D eigenvalue weighted by Crippen LogP contribution is 2.25. The number of benzene rings is 1. The summed E-state index contributed by atoms with van der Waals surface area (Å²) < 4.78 is 6.78. The third-order valence-corrected chi connectivity index (χ3v) is 4.25. The van der Waals surface area contributed by atoms with Crippen LogP contribution in [0.15, 0.2) is 70.4 Å². The number of pyridine rings is 1. The molecule has 3 rings (SSSR count). The maximum absolute atomic E-state index is 12.6. The van der Waals surface area contributed by atoms with Crippen LogP contribution in [0.25, 0.3) is 0 Å². The minimum Gasteiger partial charge on any atom is -0.467 e. The summed E-state index contributed by atoms with van der Waals surface area (Å²) >= 11 is 11.9. The van der Waals surface area contributed by atoms with Crippen molar-refractivity contribution >= 4 is 34.9 Å². The van der Waals surface area contributed by atoms with Gasteiger partial charge >= 0.3 is 6.03 Å². The Morgan fingerprint density at radius 1 is 1.16 bits per heavy atom. The molecule has 1 aromatic carbocycles. The van der Waals surface area contributed by atoms with E-state index in [0.29, 0.717) is 21.2 Å². The number of anilines is 1. The molecule has 5 nitrogen and oxygen atoms in total. The number of carbonyl (C=O) groups excluding carboxylic acids is 1. The molecular formula is C18H15Cl2N3O2. The topological polar surface area (TPSA) is 59.5 Å². The molecule has 1 atom stereocenters. The average molecular weight is 376 g/mol. The van der Waals surface area contributed by atoms with Crippen molar-refractivity contribution in [3.63, 3.8) is 0 Å². The summed E-state index contributed by atoms with van der Waals surface area (Å²) in [5.74, 6) is 0.722. The second-order valence-electron chi connectivity index (χ2n) is 5.31. The first kappa shape index (κ1) is 17.3. The first-order valence-electron chi connectivity index (χ1n) is 7.56. The number of nitrogens with one attached hydrogen (secondary N) is 1. The zero-order chi connectivity index (χ0) is 17.8. The minimum atomic E-state index is -0.357. The van der Waals surface area contributed by atoms with E-state index in [-0.39, 0.29) is 12.1 Å². The molecule has 0 fully saturated rings. The molecule has 1 N–H and O–H groups in total. The molecule has 0 saturated carbocycles. The van der Waals surface area contributed by atoms with E-state index in [1.165, 1.54) is 4.57 Å². The van der Waals surface area contributed by atoms with Gasteiger partial charge in [-0.15, -0.1) is 0 Å². The van der Waals surface area contributed by atoms with Gasteiger partial charge in [0.1, 0.15) is 17.3 Å². The summed E-state index contributed by atoms with van der Waals surface area (Å²) in [6.07, 6.45) is 3.23. The average Bonchev–Trinajstić information content (AvgIpc) is 3.13. The number of amides is 1. The van der Waals surface area contributed by atoms with Crippen LogP contribution in [-0.2, 0) is 0 Å². The van der Waals surface area contributed by atoms with Crippen LogP contribution in [0.4, 0.5) is 10.5 Å². The van der Waals surface area contributed by atoms with E-state index < -0.39 is 0 Å². The van der Waals surface area contributed by atoms with Crippen LogP contribution in [0.5, 0.6) is 0 Å². The van der Waals surface area contributed by atoms with Crippen molar-refractivity contribution in [2.45, 2.75) is 13.0 Å². The smallest absolute Gasteiger partial charge is 0.331 e. The van der Waals surface area contributed by atoms with E-state index >= 15 is 0 Å². The Labute approximate surface area is 154 Å². The number of rotatable bonds is 3. The van der Waals surface area contributed by atoms with Gasteiger partial charge in [-0.05, 0) is 49.4 Å². The van der Waals surface area contributed by atoms with E-state index in [1.807, 2.05) is 19.1 Å². The van der Waals surface area contributed by atoms with Crippen molar-refractivity contribution in [2.24, 2.45) is 4.99 Å². The molecule has 0 bridgehead atoms. The molecule has 0 aliphatic heterocycles. The molecule has 0 saturated heterocycles. The van der Waals surface area contributed by atoms with Crippen LogP contribution in [0.3, 0.4) is 0 Å². The molecular weight excluding hydrogens is 361 g/mol. The summed E-state index contributed by atoms with van der Waals surface area (Å²) in [7, 11) is 0. The molecule has 2 heterocycles. The molecule has 128 valence electrons. The van der Waals surface area contributed by atoms with Gasteiger partial charge in [0.25, 0.3) is 0 Å². The first-order chi connectivity index (χ1) is 12.0. The van der Waals surface area contributed by atoms with Crippen molar-refractivity contribution in [1.29, 1.82) is 0 Å². The van der Waals surface area contributed by atoms with Crippen LogP contribution in [0.1, 0.15) is 18.7 Å². The summed E-state index contributed by atoms with van der Waals surface area (Å²) in [5, 5.41) is 3.57. The van der Waals surface area contributed by atoms with Gasteiger partial charge in [0.05, 0.1) is 16.3 Å². The van der Waals surface area contributed by atoms with Crippen LogP contribution >= 0.6 is 23.2 Å². The molecule has 0 spiro atoms. The lowest BCUT2D eigenvalue weighted by Gasteiger charge is -2.10. The van der Waals surface area contributed by atoms with E-state index in [0.717, 1.165) is 5.76 Å². The van der Waals surface area contributed by atoms with E-state index in [1.54, 1.807) is 48.9 Å². The van der Waals surface area contributed by atoms with Gasteiger partial charge in [-0.3, -0.25) is 9.56 Å². The van der Waals surface area contributed by atoms with Crippen molar-refractivity contribution < 1.29 is 9.21 Å². The normalized spacial score (nSPS) is 12.8. The Kier molecular flexibility index (Phi) is 5.26. The number of hydrogen-bond donors (Lipinski definition) is 1. The molecule has 0 radical (unpaired) electrons. The summed E-state index contributed by atoms with van der Waals surface area (Å²) in [5.41, 5.74) is 1.05. The van der Waals surface area contributed by atoms with Gasteiger partial charge in [-0.1, -0.05) is 29.3 Å². The van der Waals surface area contributed by atoms with E-state index in [4.69, 9.17) is 27.6 Å². The lowest BCUT2D eigenvalue weighted by molar-refractivity contribution is 0.252.